The van der Waals surface area contributed by atoms with Crippen molar-refractivity contribution in [2.24, 2.45) is 0 Å². The number of ether oxygens (including phenoxy) is 1. The molecule has 0 spiro atoms. The summed E-state index contributed by atoms with van der Waals surface area (Å²) in [6.07, 6.45) is 3.13. The fourth-order valence-corrected chi connectivity index (χ4v) is 3.50. The lowest BCUT2D eigenvalue weighted by Crippen LogP contribution is -2.42. The summed E-state index contributed by atoms with van der Waals surface area (Å²) in [6, 6.07) is 12.8. The molecule has 0 bridgehead atoms. The van der Waals surface area contributed by atoms with E-state index in [9.17, 15) is 14.4 Å². The quantitative estimate of drug-likeness (QED) is 0.456. The summed E-state index contributed by atoms with van der Waals surface area (Å²) in [5.41, 5.74) is 1.32. The van der Waals surface area contributed by atoms with Crippen LogP contribution in [0.5, 0.6) is 5.75 Å². The van der Waals surface area contributed by atoms with E-state index in [0.29, 0.717) is 11.6 Å². The van der Waals surface area contributed by atoms with Gasteiger partial charge < -0.3 is 14.7 Å². The van der Waals surface area contributed by atoms with Crippen LogP contribution in [0.3, 0.4) is 0 Å². The second kappa shape index (κ2) is 7.89. The van der Waals surface area contributed by atoms with Crippen LogP contribution in [0.15, 0.2) is 83.4 Å². The number of allylic oxidation sites excluding steroid dienone is 2. The number of nitrogens with zero attached hydrogens (tertiary/aromatic N) is 3. The Bertz CT molecular complexity index is 1300. The van der Waals surface area contributed by atoms with E-state index in [4.69, 9.17) is 16.4 Å². The van der Waals surface area contributed by atoms with E-state index in [1.165, 1.54) is 30.3 Å². The molecule has 32 heavy (non-hydrogen) atoms. The Morgan fingerprint density at radius 3 is 2.38 bits per heavy atom. The number of carbonyl (C=O) groups is 3. The lowest BCUT2D eigenvalue weighted by molar-refractivity contribution is -0.123. The van der Waals surface area contributed by atoms with Crippen molar-refractivity contribution < 1.29 is 24.2 Å². The predicted molar refractivity (Wildman–Crippen MR) is 117 cm³/mol. The van der Waals surface area contributed by atoms with Gasteiger partial charge in [0.05, 0.1) is 23.5 Å². The average molecular weight is 427 g/mol. The molecule has 0 aromatic heterocycles. The van der Waals surface area contributed by atoms with Crippen LogP contribution in [0.4, 0.5) is 11.4 Å². The van der Waals surface area contributed by atoms with Gasteiger partial charge in [0, 0.05) is 12.6 Å². The van der Waals surface area contributed by atoms with E-state index in [-0.39, 0.29) is 28.1 Å². The molecule has 2 aliphatic rings. The molecule has 0 saturated heterocycles. The van der Waals surface area contributed by atoms with Crippen LogP contribution in [0.1, 0.15) is 17.3 Å². The minimum Gasteiger partial charge on any atom is -0.478 e. The lowest BCUT2D eigenvalue weighted by Gasteiger charge is -2.27. The molecule has 2 heterocycles. The van der Waals surface area contributed by atoms with Crippen molar-refractivity contribution in [1.82, 2.24) is 0 Å². The number of anilines is 2. The average Bonchev–Trinajstić information content (AvgIpc) is 3.10. The zero-order valence-corrected chi connectivity index (χ0v) is 17.2. The number of carboxylic acids is 1. The molecule has 2 amide bonds. The van der Waals surface area contributed by atoms with Crippen LogP contribution in [0.25, 0.3) is 4.85 Å². The van der Waals surface area contributed by atoms with Crippen molar-refractivity contribution in [2.45, 2.75) is 6.92 Å². The normalized spacial score (nSPS) is 18.2. The molecule has 0 fully saturated rings. The maximum absolute atomic E-state index is 13.2. The van der Waals surface area contributed by atoms with Gasteiger partial charge in [0.15, 0.2) is 11.6 Å². The number of hydrogen-bond donors (Lipinski definition) is 1. The molecular weight excluding hydrogens is 410 g/mol. The number of imide groups is 1. The molecule has 8 heteroatoms. The van der Waals surface area contributed by atoms with E-state index in [1.807, 2.05) is 36.2 Å². The second-order valence-electron chi connectivity index (χ2n) is 7.10. The predicted octanol–water partition coefficient (Wildman–Crippen LogP) is 3.75. The summed E-state index contributed by atoms with van der Waals surface area (Å²) < 4.78 is 5.82. The molecule has 0 aliphatic carbocycles. The molecule has 1 N–H and O–H groups in total. The SMILES string of the molecule is [C-]#[N+]C1=C(C)C(=CC=C2Oc3ccccc3N2C)C(=O)N(c2ccc(C(=O)O)cc2)C1=O. The highest BCUT2D eigenvalue weighted by molar-refractivity contribution is 6.30. The van der Waals surface area contributed by atoms with Crippen LogP contribution in [-0.4, -0.2) is 29.9 Å². The molecular formula is C24H17N3O5. The van der Waals surface area contributed by atoms with E-state index in [1.54, 1.807) is 13.0 Å². The number of carbonyl (C=O) groups excluding carboxylic acids is 2. The number of amides is 2. The Hall–Kier alpha value is -4.64. The van der Waals surface area contributed by atoms with Crippen molar-refractivity contribution in [3.63, 3.8) is 0 Å². The molecule has 0 atom stereocenters. The smallest absolute Gasteiger partial charge is 0.335 e. The summed E-state index contributed by atoms with van der Waals surface area (Å²) in [5.74, 6) is -1.33. The van der Waals surface area contributed by atoms with Crippen LogP contribution in [-0.2, 0) is 9.59 Å². The van der Waals surface area contributed by atoms with Gasteiger partial charge in [0.2, 0.25) is 0 Å². The lowest BCUT2D eigenvalue weighted by atomic mass is 9.97. The Morgan fingerprint density at radius 1 is 1.06 bits per heavy atom. The van der Waals surface area contributed by atoms with Gasteiger partial charge in [-0.1, -0.05) is 12.1 Å². The summed E-state index contributed by atoms with van der Waals surface area (Å²) in [7, 11) is 1.83. The van der Waals surface area contributed by atoms with E-state index in [0.717, 1.165) is 10.6 Å². The molecule has 2 aromatic rings. The Morgan fingerprint density at radius 2 is 1.75 bits per heavy atom. The van der Waals surface area contributed by atoms with Crippen LogP contribution in [0.2, 0.25) is 0 Å². The van der Waals surface area contributed by atoms with E-state index in [2.05, 4.69) is 4.85 Å². The first kappa shape index (κ1) is 20.6. The Balaban J connectivity index is 1.74. The number of benzene rings is 2. The molecule has 2 aliphatic heterocycles. The van der Waals surface area contributed by atoms with Crippen molar-refractivity contribution in [3.8, 4) is 5.75 Å². The third-order valence-electron chi connectivity index (χ3n) is 5.25. The summed E-state index contributed by atoms with van der Waals surface area (Å²) in [5, 5.41) is 9.08. The van der Waals surface area contributed by atoms with Crippen molar-refractivity contribution in [3.05, 3.63) is 100 Å². The zero-order valence-electron chi connectivity index (χ0n) is 17.2. The Kier molecular flexibility index (Phi) is 5.08. The minimum atomic E-state index is -1.13. The standard InChI is InChI=1S/C24H17N3O5/c1-14-17(12-13-20-26(3)18-6-4-5-7-19(18)32-20)22(28)27(23(29)21(14)25-2)16-10-8-15(9-11-16)24(30)31/h4-13H,1,3H3,(H,30,31). The van der Waals surface area contributed by atoms with Gasteiger partial charge in [-0.3, -0.25) is 14.5 Å². The summed E-state index contributed by atoms with van der Waals surface area (Å²) in [6.45, 7) is 8.98. The third kappa shape index (κ3) is 3.32. The maximum Gasteiger partial charge on any atom is 0.335 e. The summed E-state index contributed by atoms with van der Waals surface area (Å²) in [4.78, 5) is 43.2. The number of rotatable bonds is 3. The molecule has 0 unspecified atom stereocenters. The number of para-hydroxylation sites is 2. The second-order valence-corrected chi connectivity index (χ2v) is 7.10. The highest BCUT2D eigenvalue weighted by Crippen LogP contribution is 2.37. The van der Waals surface area contributed by atoms with Gasteiger partial charge in [-0.15, -0.1) is 0 Å². The zero-order chi connectivity index (χ0) is 23.0. The van der Waals surface area contributed by atoms with E-state index >= 15 is 0 Å². The van der Waals surface area contributed by atoms with Crippen LogP contribution in [0, 0.1) is 6.57 Å². The number of aromatic carboxylic acids is 1. The fraction of sp³-hybridized carbons (Fsp3) is 0.0833. The first-order valence-electron chi connectivity index (χ1n) is 9.57. The van der Waals surface area contributed by atoms with Gasteiger partial charge in [-0.05, 0) is 61.0 Å². The number of fused-ring (bicyclic) bond motifs is 1. The first-order valence-corrected chi connectivity index (χ1v) is 9.57. The first-order chi connectivity index (χ1) is 15.3. The van der Waals surface area contributed by atoms with Gasteiger partial charge >= 0.3 is 5.97 Å². The monoisotopic (exact) mass is 427 g/mol. The molecule has 0 saturated carbocycles. The minimum absolute atomic E-state index is 0.0178. The highest BCUT2D eigenvalue weighted by atomic mass is 16.5. The van der Waals surface area contributed by atoms with Gasteiger partial charge in [0.1, 0.15) is 0 Å². The van der Waals surface area contributed by atoms with Crippen molar-refractivity contribution >= 4 is 29.2 Å². The molecule has 158 valence electrons. The van der Waals surface area contributed by atoms with E-state index < -0.39 is 17.8 Å². The molecule has 8 nitrogen and oxygen atoms in total. The maximum atomic E-state index is 13.2. The van der Waals surface area contributed by atoms with Gasteiger partial charge in [-0.25, -0.2) is 9.64 Å². The largest absolute Gasteiger partial charge is 0.478 e. The molecule has 0 radical (unpaired) electrons. The molecule has 4 rings (SSSR count). The van der Waals surface area contributed by atoms with Gasteiger partial charge in [-0.2, -0.15) is 0 Å². The van der Waals surface area contributed by atoms with Crippen LogP contribution >= 0.6 is 0 Å². The topological polar surface area (TPSA) is 91.5 Å². The third-order valence-corrected chi connectivity index (χ3v) is 5.25. The number of hydrogen-bond acceptors (Lipinski definition) is 5. The van der Waals surface area contributed by atoms with Crippen LogP contribution < -0.4 is 14.5 Å². The van der Waals surface area contributed by atoms with Crippen molar-refractivity contribution in [1.29, 1.82) is 0 Å². The summed E-state index contributed by atoms with van der Waals surface area (Å²) >= 11 is 0. The number of carboxylic acid groups (broad SMARTS) is 1. The Labute approximate surface area is 183 Å². The van der Waals surface area contributed by atoms with Gasteiger partial charge in [0.25, 0.3) is 17.5 Å². The highest BCUT2D eigenvalue weighted by Gasteiger charge is 2.36. The fourth-order valence-electron chi connectivity index (χ4n) is 3.50. The molecule has 2 aromatic carbocycles. The van der Waals surface area contributed by atoms with Crippen molar-refractivity contribution in [2.75, 3.05) is 16.8 Å².